The van der Waals surface area contributed by atoms with E-state index in [0.29, 0.717) is 21.8 Å². The molecule has 3 rings (SSSR count). The largest absolute Gasteiger partial charge is 0.449 e. The van der Waals surface area contributed by atoms with Crippen LogP contribution in [0.15, 0.2) is 36.4 Å². The molecule has 0 aliphatic carbocycles. The minimum absolute atomic E-state index is 0.139. The Morgan fingerprint density at radius 1 is 1.28 bits per heavy atom. The molecule has 2 aromatic carbocycles. The smallest absolute Gasteiger partial charge is 0.421 e. The highest BCUT2D eigenvalue weighted by Crippen LogP contribution is 2.40. The van der Waals surface area contributed by atoms with Gasteiger partial charge in [0.2, 0.25) is 0 Å². The summed E-state index contributed by atoms with van der Waals surface area (Å²) in [6, 6.07) is 9.16. The molecule has 6 heteroatoms. The molecule has 1 heterocycles. The molecule has 0 saturated heterocycles. The molecule has 128 valence electrons. The second-order valence-electron chi connectivity index (χ2n) is 5.56. The summed E-state index contributed by atoms with van der Waals surface area (Å²) in [5, 5.41) is 0.393. The summed E-state index contributed by atoms with van der Waals surface area (Å²) < 4.78 is 18.5. The number of benzene rings is 2. The number of amides is 2. The van der Waals surface area contributed by atoms with E-state index in [4.69, 9.17) is 16.3 Å². The van der Waals surface area contributed by atoms with Gasteiger partial charge >= 0.3 is 6.09 Å². The van der Waals surface area contributed by atoms with E-state index in [1.165, 1.54) is 18.2 Å². The molecule has 0 atom stereocenters. The number of carbonyl (C=O) groups is 2. The quantitative estimate of drug-likeness (QED) is 0.721. The highest BCUT2D eigenvalue weighted by Gasteiger charge is 2.37. The van der Waals surface area contributed by atoms with Gasteiger partial charge in [0, 0.05) is 10.6 Å². The number of carbonyl (C=O) groups excluding carboxylic acids is 2. The zero-order chi connectivity index (χ0) is 18.1. The van der Waals surface area contributed by atoms with E-state index in [2.05, 4.69) is 0 Å². The Balaban J connectivity index is 2.16. The Morgan fingerprint density at radius 3 is 2.76 bits per heavy atom. The number of fused-ring (bicyclic) bond motifs is 1. The van der Waals surface area contributed by atoms with E-state index in [-0.39, 0.29) is 12.2 Å². The Bertz CT molecular complexity index is 908. The lowest BCUT2D eigenvalue weighted by Gasteiger charge is -2.14. The number of imide groups is 1. The monoisotopic (exact) mass is 359 g/mol. The lowest BCUT2D eigenvalue weighted by Crippen LogP contribution is -2.34. The molecular formula is C19H15ClFNO3. The zero-order valence-corrected chi connectivity index (χ0v) is 14.4. The molecular weight excluding hydrogens is 345 g/mol. The first kappa shape index (κ1) is 17.2. The summed E-state index contributed by atoms with van der Waals surface area (Å²) in [5.41, 5.74) is 2.57. The van der Waals surface area contributed by atoms with Crippen LogP contribution in [-0.2, 0) is 9.53 Å². The van der Waals surface area contributed by atoms with Gasteiger partial charge in [-0.15, -0.1) is 0 Å². The zero-order valence-electron chi connectivity index (χ0n) is 13.7. The van der Waals surface area contributed by atoms with Crippen LogP contribution < -0.4 is 4.90 Å². The summed E-state index contributed by atoms with van der Waals surface area (Å²) in [5.74, 6) is -0.930. The maximum absolute atomic E-state index is 13.6. The van der Waals surface area contributed by atoms with Crippen molar-refractivity contribution in [1.82, 2.24) is 0 Å². The molecule has 0 spiro atoms. The molecule has 0 bridgehead atoms. The molecule has 0 aromatic heterocycles. The van der Waals surface area contributed by atoms with E-state index in [1.807, 2.05) is 6.92 Å². The molecule has 1 aliphatic heterocycles. The van der Waals surface area contributed by atoms with Gasteiger partial charge < -0.3 is 4.74 Å². The number of ether oxygens (including phenoxy) is 1. The third kappa shape index (κ3) is 3.15. The van der Waals surface area contributed by atoms with Gasteiger partial charge in [0.05, 0.1) is 17.9 Å². The second-order valence-corrected chi connectivity index (χ2v) is 6.00. The van der Waals surface area contributed by atoms with E-state index >= 15 is 0 Å². The first-order chi connectivity index (χ1) is 11.9. The standard InChI is InChI=1S/C19H15ClFNO3/c1-3-25-19(24)22-17-10-13(20)5-7-15(17)16(18(22)23)9-12-8-14(21)6-4-11(12)2/h4-10H,3H2,1-2H3/b16-9-. The SMILES string of the molecule is CCOC(=O)N1C(=O)/C(=C\c2cc(F)ccc2C)c2ccc(Cl)cc21. The van der Waals surface area contributed by atoms with Crippen molar-refractivity contribution in [3.63, 3.8) is 0 Å². The fourth-order valence-electron chi connectivity index (χ4n) is 2.69. The van der Waals surface area contributed by atoms with Crippen LogP contribution in [0, 0.1) is 12.7 Å². The number of halogens is 2. The maximum atomic E-state index is 13.6. The van der Waals surface area contributed by atoms with E-state index in [1.54, 1.807) is 31.2 Å². The van der Waals surface area contributed by atoms with E-state index in [0.717, 1.165) is 10.5 Å². The normalized spacial score (nSPS) is 14.8. The number of hydrogen-bond donors (Lipinski definition) is 0. The highest BCUT2D eigenvalue weighted by atomic mass is 35.5. The average molecular weight is 360 g/mol. The van der Waals surface area contributed by atoms with Crippen molar-refractivity contribution in [2.45, 2.75) is 13.8 Å². The van der Waals surface area contributed by atoms with Gasteiger partial charge in [0.15, 0.2) is 0 Å². The van der Waals surface area contributed by atoms with Crippen LogP contribution in [0.1, 0.15) is 23.6 Å². The minimum Gasteiger partial charge on any atom is -0.449 e. The molecule has 0 unspecified atom stereocenters. The molecule has 2 aromatic rings. The van der Waals surface area contributed by atoms with Crippen molar-refractivity contribution in [3.8, 4) is 0 Å². The van der Waals surface area contributed by atoms with Crippen molar-refractivity contribution in [2.75, 3.05) is 11.5 Å². The van der Waals surface area contributed by atoms with Gasteiger partial charge in [-0.1, -0.05) is 23.7 Å². The molecule has 0 radical (unpaired) electrons. The van der Waals surface area contributed by atoms with Gasteiger partial charge in [0.1, 0.15) is 5.82 Å². The van der Waals surface area contributed by atoms with Gasteiger partial charge in [-0.05, 0) is 55.3 Å². The van der Waals surface area contributed by atoms with Crippen LogP contribution in [0.2, 0.25) is 5.02 Å². The van der Waals surface area contributed by atoms with Gasteiger partial charge in [-0.25, -0.2) is 14.1 Å². The van der Waals surface area contributed by atoms with E-state index in [9.17, 15) is 14.0 Å². The lowest BCUT2D eigenvalue weighted by molar-refractivity contribution is -0.112. The number of nitrogens with zero attached hydrogens (tertiary/aromatic N) is 1. The van der Waals surface area contributed by atoms with Gasteiger partial charge in [-0.2, -0.15) is 0 Å². The van der Waals surface area contributed by atoms with Crippen molar-refractivity contribution >= 4 is 40.9 Å². The third-order valence-corrected chi connectivity index (χ3v) is 4.15. The number of aryl methyl sites for hydroxylation is 1. The Labute approximate surface area is 149 Å². The Kier molecular flexibility index (Phi) is 4.59. The molecule has 25 heavy (non-hydrogen) atoms. The minimum atomic E-state index is -0.768. The molecule has 0 saturated carbocycles. The van der Waals surface area contributed by atoms with Crippen molar-refractivity contribution < 1.29 is 18.7 Å². The molecule has 1 aliphatic rings. The third-order valence-electron chi connectivity index (χ3n) is 3.92. The van der Waals surface area contributed by atoms with E-state index < -0.39 is 17.8 Å². The molecule has 0 fully saturated rings. The van der Waals surface area contributed by atoms with Crippen LogP contribution in [0.25, 0.3) is 11.6 Å². The average Bonchev–Trinajstić information content (AvgIpc) is 2.82. The van der Waals surface area contributed by atoms with Crippen LogP contribution >= 0.6 is 11.6 Å². The predicted molar refractivity (Wildman–Crippen MR) is 95.0 cm³/mol. The fourth-order valence-corrected chi connectivity index (χ4v) is 2.86. The number of hydrogen-bond acceptors (Lipinski definition) is 3. The highest BCUT2D eigenvalue weighted by molar-refractivity contribution is 6.42. The van der Waals surface area contributed by atoms with Crippen molar-refractivity contribution in [1.29, 1.82) is 0 Å². The number of anilines is 1. The first-order valence-corrected chi connectivity index (χ1v) is 8.09. The predicted octanol–water partition coefficient (Wildman–Crippen LogP) is 4.83. The van der Waals surface area contributed by atoms with Crippen molar-refractivity contribution in [2.24, 2.45) is 0 Å². The summed E-state index contributed by atoms with van der Waals surface area (Å²) >= 11 is 6.01. The molecule has 2 amide bonds. The van der Waals surface area contributed by atoms with Crippen LogP contribution in [0.4, 0.5) is 14.9 Å². The topological polar surface area (TPSA) is 46.6 Å². The molecule has 0 N–H and O–H groups in total. The molecule has 4 nitrogen and oxygen atoms in total. The number of rotatable bonds is 2. The van der Waals surface area contributed by atoms with Gasteiger partial charge in [-0.3, -0.25) is 4.79 Å². The first-order valence-electron chi connectivity index (χ1n) is 7.71. The second kappa shape index (κ2) is 6.69. The van der Waals surface area contributed by atoms with Gasteiger partial charge in [0.25, 0.3) is 5.91 Å². The van der Waals surface area contributed by atoms with Crippen molar-refractivity contribution in [3.05, 3.63) is 63.9 Å². The summed E-state index contributed by atoms with van der Waals surface area (Å²) in [6.45, 7) is 3.61. The Morgan fingerprint density at radius 2 is 2.04 bits per heavy atom. The fraction of sp³-hybridized carbons (Fsp3) is 0.158. The summed E-state index contributed by atoms with van der Waals surface area (Å²) in [7, 11) is 0. The Hall–Kier alpha value is -2.66. The summed E-state index contributed by atoms with van der Waals surface area (Å²) in [6.07, 6.45) is 0.808. The summed E-state index contributed by atoms with van der Waals surface area (Å²) in [4.78, 5) is 26.0. The van der Waals surface area contributed by atoms with Crippen LogP contribution in [0.3, 0.4) is 0 Å². The maximum Gasteiger partial charge on any atom is 0.421 e. The van der Waals surface area contributed by atoms with Crippen LogP contribution in [-0.4, -0.2) is 18.6 Å². The lowest BCUT2D eigenvalue weighted by atomic mass is 10.0. The van der Waals surface area contributed by atoms with Crippen LogP contribution in [0.5, 0.6) is 0 Å².